The van der Waals surface area contributed by atoms with Gasteiger partial charge in [-0.3, -0.25) is 4.98 Å². The topological polar surface area (TPSA) is 95.7 Å². The summed E-state index contributed by atoms with van der Waals surface area (Å²) in [7, 11) is -0.329. The van der Waals surface area contributed by atoms with Crippen molar-refractivity contribution in [3.8, 4) is 22.4 Å². The van der Waals surface area contributed by atoms with Gasteiger partial charge in [-0.1, -0.05) is 0 Å². The van der Waals surface area contributed by atoms with Crippen LogP contribution in [0.1, 0.15) is 5.76 Å². The van der Waals surface area contributed by atoms with Crippen molar-refractivity contribution in [2.75, 3.05) is 45.2 Å². The van der Waals surface area contributed by atoms with E-state index in [4.69, 9.17) is 9.40 Å². The molecule has 158 valence electrons. The summed E-state index contributed by atoms with van der Waals surface area (Å²) in [5, 5.41) is 0. The van der Waals surface area contributed by atoms with Crippen LogP contribution in [0.5, 0.6) is 0 Å². The highest BCUT2D eigenvalue weighted by atomic mass is 32.2. The molecule has 9 nitrogen and oxygen atoms in total. The van der Waals surface area contributed by atoms with E-state index in [0.717, 1.165) is 28.1 Å². The molecule has 4 rings (SSSR count). The number of aryl methyl sites for hydroxylation is 1. The maximum Gasteiger partial charge on any atom is 0.281 e. The van der Waals surface area contributed by atoms with Gasteiger partial charge in [0.1, 0.15) is 5.76 Å². The van der Waals surface area contributed by atoms with Gasteiger partial charge in [-0.15, -0.1) is 0 Å². The highest BCUT2D eigenvalue weighted by molar-refractivity contribution is 7.86. The molecule has 4 heterocycles. The summed E-state index contributed by atoms with van der Waals surface area (Å²) >= 11 is 0. The minimum absolute atomic E-state index is 0.385. The standard InChI is InChI=1S/C20H24N6O3S/c1-15-17(6-13-29-15)19-18(16-4-7-21-8-5-16)14-22-20(23-19)25-9-11-26(12-10-25)30(27,28)24(2)3/h4-8,13-14H,9-12H2,1-3H3. The molecule has 0 saturated carbocycles. The van der Waals surface area contributed by atoms with E-state index in [1.165, 1.54) is 8.61 Å². The molecule has 0 spiro atoms. The number of piperazine rings is 1. The van der Waals surface area contributed by atoms with Gasteiger partial charge in [0, 0.05) is 70.0 Å². The van der Waals surface area contributed by atoms with E-state index in [1.54, 1.807) is 32.8 Å². The molecule has 0 N–H and O–H groups in total. The van der Waals surface area contributed by atoms with Gasteiger partial charge in [-0.25, -0.2) is 9.97 Å². The molecule has 0 aliphatic carbocycles. The molecular weight excluding hydrogens is 404 g/mol. The van der Waals surface area contributed by atoms with Crippen LogP contribution in [-0.4, -0.2) is 72.3 Å². The van der Waals surface area contributed by atoms with Crippen LogP contribution in [0.2, 0.25) is 0 Å². The molecule has 0 radical (unpaired) electrons. The second kappa shape index (κ2) is 8.13. The molecule has 1 aliphatic rings. The van der Waals surface area contributed by atoms with Crippen LogP contribution < -0.4 is 4.90 Å². The molecule has 3 aromatic heterocycles. The predicted molar refractivity (Wildman–Crippen MR) is 114 cm³/mol. The van der Waals surface area contributed by atoms with E-state index >= 15 is 0 Å². The summed E-state index contributed by atoms with van der Waals surface area (Å²) in [6.45, 7) is 3.71. The van der Waals surface area contributed by atoms with Crippen molar-refractivity contribution in [3.05, 3.63) is 48.8 Å². The minimum atomic E-state index is -3.42. The van der Waals surface area contributed by atoms with Gasteiger partial charge in [0.05, 0.1) is 12.0 Å². The van der Waals surface area contributed by atoms with Crippen molar-refractivity contribution in [2.24, 2.45) is 0 Å². The maximum atomic E-state index is 12.4. The van der Waals surface area contributed by atoms with E-state index < -0.39 is 10.2 Å². The second-order valence-corrected chi connectivity index (χ2v) is 9.38. The third-order valence-electron chi connectivity index (χ3n) is 5.19. The summed E-state index contributed by atoms with van der Waals surface area (Å²) in [6, 6.07) is 5.73. The Kier molecular flexibility index (Phi) is 5.54. The number of rotatable bonds is 5. The molecule has 30 heavy (non-hydrogen) atoms. The van der Waals surface area contributed by atoms with Crippen molar-refractivity contribution in [1.82, 2.24) is 23.6 Å². The molecule has 1 saturated heterocycles. The molecule has 3 aromatic rings. The molecule has 1 aliphatic heterocycles. The zero-order valence-electron chi connectivity index (χ0n) is 17.2. The summed E-state index contributed by atoms with van der Waals surface area (Å²) < 4.78 is 33.0. The first-order valence-electron chi connectivity index (χ1n) is 9.62. The van der Waals surface area contributed by atoms with Gasteiger partial charge in [-0.2, -0.15) is 17.0 Å². The third kappa shape index (κ3) is 3.81. The van der Waals surface area contributed by atoms with Crippen LogP contribution in [0, 0.1) is 6.92 Å². The first kappa shape index (κ1) is 20.5. The predicted octanol–water partition coefficient (Wildman–Crippen LogP) is 2.04. The maximum absolute atomic E-state index is 12.4. The quantitative estimate of drug-likeness (QED) is 0.614. The van der Waals surface area contributed by atoms with E-state index in [-0.39, 0.29) is 0 Å². The molecule has 0 unspecified atom stereocenters. The van der Waals surface area contributed by atoms with E-state index in [2.05, 4.69) is 9.97 Å². The van der Waals surface area contributed by atoms with Crippen molar-refractivity contribution in [3.63, 3.8) is 0 Å². The van der Waals surface area contributed by atoms with Crippen LogP contribution in [0.4, 0.5) is 5.95 Å². The number of furan rings is 1. The van der Waals surface area contributed by atoms with Crippen molar-refractivity contribution >= 4 is 16.2 Å². The first-order valence-corrected chi connectivity index (χ1v) is 11.0. The fraction of sp³-hybridized carbons (Fsp3) is 0.350. The number of aromatic nitrogens is 3. The Labute approximate surface area is 176 Å². The van der Waals surface area contributed by atoms with Crippen LogP contribution in [0.15, 0.2) is 47.5 Å². The summed E-state index contributed by atoms with van der Waals surface area (Å²) in [5.74, 6) is 1.35. The van der Waals surface area contributed by atoms with E-state index in [0.29, 0.717) is 32.1 Å². The number of hydrogen-bond donors (Lipinski definition) is 0. The Bertz CT molecular complexity index is 1120. The van der Waals surface area contributed by atoms with Crippen LogP contribution in [0.3, 0.4) is 0 Å². The fourth-order valence-corrected chi connectivity index (χ4v) is 4.54. The molecule has 0 aromatic carbocycles. The summed E-state index contributed by atoms with van der Waals surface area (Å²) in [6.07, 6.45) is 6.93. The molecule has 1 fully saturated rings. The van der Waals surface area contributed by atoms with Gasteiger partial charge < -0.3 is 9.32 Å². The SMILES string of the molecule is Cc1occc1-c1nc(N2CCN(S(=O)(=O)N(C)C)CC2)ncc1-c1ccncc1. The zero-order chi connectivity index (χ0) is 21.3. The minimum Gasteiger partial charge on any atom is -0.469 e. The van der Waals surface area contributed by atoms with E-state index in [9.17, 15) is 8.42 Å². The van der Waals surface area contributed by atoms with Gasteiger partial charge >= 0.3 is 0 Å². The normalized spacial score (nSPS) is 15.7. The Morgan fingerprint density at radius 2 is 1.73 bits per heavy atom. The summed E-state index contributed by atoms with van der Waals surface area (Å²) in [5.41, 5.74) is 3.54. The highest BCUT2D eigenvalue weighted by Gasteiger charge is 2.29. The van der Waals surface area contributed by atoms with Gasteiger partial charge in [-0.05, 0) is 30.7 Å². The number of nitrogens with zero attached hydrogens (tertiary/aromatic N) is 6. The Morgan fingerprint density at radius 1 is 1.03 bits per heavy atom. The van der Waals surface area contributed by atoms with Crippen LogP contribution in [0.25, 0.3) is 22.4 Å². The lowest BCUT2D eigenvalue weighted by Gasteiger charge is -2.35. The average Bonchev–Trinajstić information content (AvgIpc) is 3.19. The monoisotopic (exact) mass is 428 g/mol. The van der Waals surface area contributed by atoms with Crippen LogP contribution >= 0.6 is 0 Å². The molecule has 0 amide bonds. The molecule has 10 heteroatoms. The number of anilines is 1. The summed E-state index contributed by atoms with van der Waals surface area (Å²) in [4.78, 5) is 15.5. The Morgan fingerprint density at radius 3 is 2.33 bits per heavy atom. The van der Waals surface area contributed by atoms with Crippen molar-refractivity contribution in [2.45, 2.75) is 6.92 Å². The number of hydrogen-bond acceptors (Lipinski definition) is 7. The van der Waals surface area contributed by atoms with E-state index in [1.807, 2.05) is 36.2 Å². The third-order valence-corrected chi connectivity index (χ3v) is 7.13. The lowest BCUT2D eigenvalue weighted by molar-refractivity contribution is 0.354. The van der Waals surface area contributed by atoms with Crippen molar-refractivity contribution < 1.29 is 12.8 Å². The smallest absolute Gasteiger partial charge is 0.281 e. The first-order chi connectivity index (χ1) is 14.4. The van der Waals surface area contributed by atoms with Crippen molar-refractivity contribution in [1.29, 1.82) is 0 Å². The van der Waals surface area contributed by atoms with Gasteiger partial charge in [0.15, 0.2) is 0 Å². The number of pyridine rings is 1. The van der Waals surface area contributed by atoms with Crippen LogP contribution in [-0.2, 0) is 10.2 Å². The second-order valence-electron chi connectivity index (χ2n) is 7.23. The molecular formula is C20H24N6O3S. The largest absolute Gasteiger partial charge is 0.469 e. The Hall–Kier alpha value is -2.82. The lowest BCUT2D eigenvalue weighted by atomic mass is 10.0. The highest BCUT2D eigenvalue weighted by Crippen LogP contribution is 2.33. The van der Waals surface area contributed by atoms with Gasteiger partial charge in [0.25, 0.3) is 10.2 Å². The lowest BCUT2D eigenvalue weighted by Crippen LogP contribution is -2.52. The molecule has 0 atom stereocenters. The molecule has 0 bridgehead atoms. The average molecular weight is 429 g/mol. The Balaban J connectivity index is 1.66. The zero-order valence-corrected chi connectivity index (χ0v) is 18.0. The van der Waals surface area contributed by atoms with Gasteiger partial charge in [0.2, 0.25) is 5.95 Å². The fourth-order valence-electron chi connectivity index (χ4n) is 3.45.